The summed E-state index contributed by atoms with van der Waals surface area (Å²) in [6.07, 6.45) is 8.34. The van der Waals surface area contributed by atoms with E-state index in [0.29, 0.717) is 66.3 Å². The van der Waals surface area contributed by atoms with Crippen molar-refractivity contribution in [2.45, 2.75) is 94.5 Å². The van der Waals surface area contributed by atoms with Crippen LogP contribution in [0.2, 0.25) is 0 Å². The SMILES string of the molecule is C=CCOC12Oc3ccc(Oc4ccc5ccccc5c4)cc3C3C(CCCCO)C(CCCCO)C=C(C(=NOCc4ccc([N+](=O)[O-])cc4)CC1N(CCC)S(=O)(=O)c1ccc(NC(C)=O)cc1)C32. The van der Waals surface area contributed by atoms with Crippen LogP contribution in [-0.2, 0) is 31.0 Å². The number of sulfonamides is 1. The van der Waals surface area contributed by atoms with Crippen molar-refractivity contribution in [3.63, 3.8) is 0 Å². The lowest BCUT2D eigenvalue weighted by molar-refractivity contribution is -0.384. The monoisotopic (exact) mass is 986 g/mol. The number of anilines is 1. The van der Waals surface area contributed by atoms with Crippen molar-refractivity contribution in [2.24, 2.45) is 22.9 Å². The van der Waals surface area contributed by atoms with Gasteiger partial charge in [-0.1, -0.05) is 67.4 Å². The van der Waals surface area contributed by atoms with Crippen LogP contribution in [0.1, 0.15) is 82.3 Å². The lowest BCUT2D eigenvalue weighted by Gasteiger charge is -2.59. The molecule has 15 nitrogen and oxygen atoms in total. The molecule has 71 heavy (non-hydrogen) atoms. The summed E-state index contributed by atoms with van der Waals surface area (Å²) in [5.41, 5.74) is 3.16. The van der Waals surface area contributed by atoms with Gasteiger partial charge < -0.3 is 34.6 Å². The Kier molecular flexibility index (Phi) is 16.3. The van der Waals surface area contributed by atoms with Crippen molar-refractivity contribution in [1.29, 1.82) is 0 Å². The van der Waals surface area contributed by atoms with Gasteiger partial charge in [0.15, 0.2) is 0 Å². The predicted octanol–water partition coefficient (Wildman–Crippen LogP) is 10.4. The number of unbranched alkanes of at least 4 members (excludes halogenated alkanes) is 2. The van der Waals surface area contributed by atoms with E-state index in [1.807, 2.05) is 67.6 Å². The highest BCUT2D eigenvalue weighted by Crippen LogP contribution is 2.62. The molecule has 16 heteroatoms. The highest BCUT2D eigenvalue weighted by Gasteiger charge is 2.66. The first kappa shape index (κ1) is 50.9. The molecule has 5 aromatic carbocycles. The Balaban J connectivity index is 1.33. The zero-order chi connectivity index (χ0) is 50.1. The van der Waals surface area contributed by atoms with Gasteiger partial charge in [0, 0.05) is 62.4 Å². The number of allylic oxidation sites excluding steroid dienone is 1. The predicted molar refractivity (Wildman–Crippen MR) is 272 cm³/mol. The molecule has 5 aromatic rings. The van der Waals surface area contributed by atoms with Gasteiger partial charge in [-0.15, -0.1) is 6.58 Å². The number of amides is 1. The molecule has 0 spiro atoms. The fourth-order valence-electron chi connectivity index (χ4n) is 10.7. The molecule has 0 aromatic heterocycles. The molecule has 0 saturated heterocycles. The van der Waals surface area contributed by atoms with Crippen LogP contribution in [0.5, 0.6) is 17.2 Å². The van der Waals surface area contributed by atoms with E-state index in [-0.39, 0.29) is 73.6 Å². The minimum absolute atomic E-state index is 0.00545. The van der Waals surface area contributed by atoms with Crippen LogP contribution in [0.25, 0.3) is 10.8 Å². The van der Waals surface area contributed by atoms with E-state index < -0.39 is 32.7 Å². The number of hydrogen-bond acceptors (Lipinski definition) is 12. The second-order valence-electron chi connectivity index (χ2n) is 18.4. The van der Waals surface area contributed by atoms with Crippen LogP contribution in [0.15, 0.2) is 144 Å². The number of aliphatic hydroxyl groups excluding tert-OH is 2. The summed E-state index contributed by atoms with van der Waals surface area (Å²) in [4.78, 5) is 29.1. The Bertz CT molecular complexity index is 2870. The average Bonchev–Trinajstić information content (AvgIpc) is 3.36. The Labute approximate surface area is 415 Å². The molecule has 3 N–H and O–H groups in total. The Morgan fingerprint density at radius 3 is 2.34 bits per heavy atom. The van der Waals surface area contributed by atoms with Crippen molar-refractivity contribution in [3.8, 4) is 17.2 Å². The fraction of sp³-hybridized carbons (Fsp3) is 0.382. The number of nitrogens with one attached hydrogen (secondary N) is 1. The van der Waals surface area contributed by atoms with E-state index in [2.05, 4.69) is 18.0 Å². The van der Waals surface area contributed by atoms with Gasteiger partial charge in [-0.05, 0) is 133 Å². The minimum Gasteiger partial charge on any atom is -0.460 e. The van der Waals surface area contributed by atoms with Crippen molar-refractivity contribution in [1.82, 2.24) is 4.31 Å². The highest BCUT2D eigenvalue weighted by molar-refractivity contribution is 7.89. The molecule has 1 amide bonds. The quantitative estimate of drug-likeness (QED) is 0.0243. The molecule has 8 rings (SSSR count). The van der Waals surface area contributed by atoms with Crippen molar-refractivity contribution < 1.29 is 47.4 Å². The number of non-ortho nitro benzene ring substituents is 1. The lowest BCUT2D eigenvalue weighted by atomic mass is 9.55. The van der Waals surface area contributed by atoms with E-state index in [9.17, 15) is 25.1 Å². The van der Waals surface area contributed by atoms with Gasteiger partial charge in [-0.25, -0.2) is 8.42 Å². The molecule has 1 saturated carbocycles. The number of aliphatic hydroxyl groups is 2. The third-order valence-corrected chi connectivity index (χ3v) is 15.6. The van der Waals surface area contributed by atoms with Crippen LogP contribution in [0.4, 0.5) is 11.4 Å². The number of oxime groups is 1. The molecule has 6 unspecified atom stereocenters. The molecular formula is C55H62N4O11S. The standard InChI is InChI=1S/C55H62N4O11S/c1-4-28-58(71(65,66)46-25-19-42(20-26-46)56-37(3)62)52-35-50(57-68-36-38-16-21-43(22-17-38)59(63)64)48-33-41(14-8-10-29-60)47(15-9-11-30-61)53-49-34-45(69-44-23-18-39-12-6-7-13-40(39)32-44)24-27-51(49)70-55(52,54(48)53)67-31-5-2/h5-7,12-13,16-27,32-34,41,47,52-54,60-61H,2,4,8-11,14-15,28-31,35-36H2,1,3H3,(H,56,62). The largest absolute Gasteiger partial charge is 0.460 e. The van der Waals surface area contributed by atoms with Gasteiger partial charge in [0.1, 0.15) is 23.9 Å². The second-order valence-corrected chi connectivity index (χ2v) is 20.3. The molecule has 1 heterocycles. The number of carbonyl (C=O) groups is 1. The zero-order valence-corrected chi connectivity index (χ0v) is 41.0. The van der Waals surface area contributed by atoms with Gasteiger partial charge in [0.2, 0.25) is 21.7 Å². The normalized spacial score (nSPS) is 22.0. The van der Waals surface area contributed by atoms with Gasteiger partial charge in [-0.3, -0.25) is 14.9 Å². The number of rotatable bonds is 23. The summed E-state index contributed by atoms with van der Waals surface area (Å²) in [6.45, 7) is 7.42. The zero-order valence-electron chi connectivity index (χ0n) is 40.2. The molecule has 1 aliphatic heterocycles. The summed E-state index contributed by atoms with van der Waals surface area (Å²) in [7, 11) is -4.34. The number of fused-ring (bicyclic) bond motifs is 3. The van der Waals surface area contributed by atoms with E-state index in [4.69, 9.17) is 24.2 Å². The van der Waals surface area contributed by atoms with Gasteiger partial charge in [-0.2, -0.15) is 4.31 Å². The lowest BCUT2D eigenvalue weighted by Crippen LogP contribution is -2.70. The smallest absolute Gasteiger partial charge is 0.269 e. The van der Waals surface area contributed by atoms with Crippen molar-refractivity contribution >= 4 is 43.8 Å². The summed E-state index contributed by atoms with van der Waals surface area (Å²) >= 11 is 0. The Hall–Kier alpha value is -6.43. The first-order chi connectivity index (χ1) is 34.4. The number of nitro groups is 1. The van der Waals surface area contributed by atoms with Crippen LogP contribution >= 0.6 is 0 Å². The fourth-order valence-corrected chi connectivity index (χ4v) is 12.4. The maximum absolute atomic E-state index is 15.4. The van der Waals surface area contributed by atoms with Crippen LogP contribution in [0, 0.1) is 27.9 Å². The van der Waals surface area contributed by atoms with Crippen LogP contribution < -0.4 is 14.8 Å². The van der Waals surface area contributed by atoms with Gasteiger partial charge in [0.05, 0.1) is 34.1 Å². The summed E-state index contributed by atoms with van der Waals surface area (Å²) in [6, 6.07) is 30.8. The third-order valence-electron chi connectivity index (χ3n) is 13.7. The van der Waals surface area contributed by atoms with E-state index in [0.717, 1.165) is 34.8 Å². The molecular weight excluding hydrogens is 925 g/mol. The maximum atomic E-state index is 15.4. The Morgan fingerprint density at radius 1 is 0.944 bits per heavy atom. The summed E-state index contributed by atoms with van der Waals surface area (Å²) in [5.74, 6) is -1.43. The average molecular weight is 987 g/mol. The van der Waals surface area contributed by atoms with Gasteiger partial charge >= 0.3 is 0 Å². The molecule has 0 radical (unpaired) electrons. The number of nitro benzene ring substituents is 1. The van der Waals surface area contributed by atoms with E-state index in [1.165, 1.54) is 35.5 Å². The summed E-state index contributed by atoms with van der Waals surface area (Å²) < 4.78 is 53.3. The summed E-state index contributed by atoms with van der Waals surface area (Å²) in [5, 5.41) is 41.2. The van der Waals surface area contributed by atoms with E-state index in [1.54, 1.807) is 30.3 Å². The Morgan fingerprint density at radius 2 is 1.65 bits per heavy atom. The second kappa shape index (κ2) is 22.8. The molecule has 3 aliphatic rings. The van der Waals surface area contributed by atoms with Crippen LogP contribution in [0.3, 0.4) is 0 Å². The third kappa shape index (κ3) is 11.1. The number of nitrogens with zero attached hydrogens (tertiary/aromatic N) is 3. The number of hydrogen-bond donors (Lipinski definition) is 3. The van der Waals surface area contributed by atoms with Crippen LogP contribution in [-0.4, -0.2) is 77.7 Å². The first-order valence-electron chi connectivity index (χ1n) is 24.4. The molecule has 0 bridgehead atoms. The molecule has 2 aliphatic carbocycles. The highest BCUT2D eigenvalue weighted by atomic mass is 32.2. The van der Waals surface area contributed by atoms with Gasteiger partial charge in [0.25, 0.3) is 5.69 Å². The molecule has 374 valence electrons. The first-order valence-corrected chi connectivity index (χ1v) is 25.8. The van der Waals surface area contributed by atoms with Crippen molar-refractivity contribution in [3.05, 3.63) is 155 Å². The topological polar surface area (TPSA) is 199 Å². The number of ether oxygens (including phenoxy) is 3. The maximum Gasteiger partial charge on any atom is 0.269 e. The van der Waals surface area contributed by atoms with Crippen molar-refractivity contribution in [2.75, 3.05) is 31.7 Å². The van der Waals surface area contributed by atoms with E-state index >= 15 is 8.42 Å². The minimum atomic E-state index is -4.34. The molecule has 6 atom stereocenters. The number of benzene rings is 5. The molecule has 1 fully saturated rings. The number of carbonyl (C=O) groups excluding carboxylic acids is 1.